The summed E-state index contributed by atoms with van der Waals surface area (Å²) in [7, 11) is 0. The molecule has 1 saturated carbocycles. The number of allylic oxidation sites excluding steroid dienone is 1. The predicted octanol–water partition coefficient (Wildman–Crippen LogP) is 4.56. The van der Waals surface area contributed by atoms with Crippen LogP contribution in [-0.2, 0) is 0 Å². The molecule has 0 unspecified atom stereocenters. The highest BCUT2D eigenvalue weighted by Crippen LogP contribution is 2.33. The van der Waals surface area contributed by atoms with Gasteiger partial charge in [-0.15, -0.1) is 0 Å². The van der Waals surface area contributed by atoms with Crippen LogP contribution in [0.2, 0.25) is 0 Å². The van der Waals surface area contributed by atoms with E-state index in [1.165, 1.54) is 50.5 Å². The van der Waals surface area contributed by atoms with E-state index in [9.17, 15) is 0 Å². The molecule has 1 fully saturated rings. The molecule has 1 aliphatic carbocycles. The Morgan fingerprint density at radius 1 is 1.23 bits per heavy atom. The number of unbranched alkanes of at least 4 members (excludes halogenated alkanes) is 1. The normalized spacial score (nSPS) is 28.8. The molecule has 1 rings (SSSR count). The minimum atomic E-state index is 0.864. The third kappa shape index (κ3) is 3.54. The van der Waals surface area contributed by atoms with Gasteiger partial charge in [0.05, 0.1) is 0 Å². The summed E-state index contributed by atoms with van der Waals surface area (Å²) in [5, 5.41) is 0. The first-order chi connectivity index (χ1) is 6.24. The second kappa shape index (κ2) is 5.47. The minimum absolute atomic E-state index is 0.864. The van der Waals surface area contributed by atoms with E-state index in [1.807, 2.05) is 0 Å². The molecule has 0 aromatic rings. The first kappa shape index (κ1) is 10.8. The van der Waals surface area contributed by atoms with E-state index in [0.29, 0.717) is 0 Å². The van der Waals surface area contributed by atoms with Crippen molar-refractivity contribution in [2.24, 2.45) is 11.8 Å². The third-order valence-corrected chi connectivity index (χ3v) is 3.44. The zero-order chi connectivity index (χ0) is 9.68. The van der Waals surface area contributed by atoms with Crippen LogP contribution in [0.5, 0.6) is 0 Å². The van der Waals surface area contributed by atoms with Gasteiger partial charge in [0.25, 0.3) is 0 Å². The maximum atomic E-state index is 4.24. The number of hydrogen-bond acceptors (Lipinski definition) is 0. The largest absolute Gasteiger partial charge is 0.0996 e. The van der Waals surface area contributed by atoms with E-state index in [2.05, 4.69) is 20.4 Å². The Labute approximate surface area is 83.4 Å². The number of hydrogen-bond donors (Lipinski definition) is 0. The van der Waals surface area contributed by atoms with Crippen LogP contribution in [0.1, 0.15) is 58.8 Å². The van der Waals surface area contributed by atoms with E-state index < -0.39 is 0 Å². The van der Waals surface area contributed by atoms with Gasteiger partial charge in [-0.2, -0.15) is 0 Å². The van der Waals surface area contributed by atoms with Crippen molar-refractivity contribution in [3.05, 3.63) is 12.2 Å². The molecule has 0 saturated heterocycles. The van der Waals surface area contributed by atoms with Crippen LogP contribution in [0.4, 0.5) is 0 Å². The maximum Gasteiger partial charge on any atom is -0.0206 e. The molecule has 0 radical (unpaired) electrons. The lowest BCUT2D eigenvalue weighted by Gasteiger charge is -2.27. The molecular formula is C13H24. The van der Waals surface area contributed by atoms with Crippen LogP contribution in [-0.4, -0.2) is 0 Å². The standard InChI is InChI=1S/C13H24/c1-4-5-6-12(3)13-9-7-11(2)8-10-13/h11,13H,3-10H2,1-2H3. The van der Waals surface area contributed by atoms with Gasteiger partial charge < -0.3 is 0 Å². The van der Waals surface area contributed by atoms with Crippen LogP contribution in [0, 0.1) is 11.8 Å². The van der Waals surface area contributed by atoms with Crippen molar-refractivity contribution in [3.63, 3.8) is 0 Å². The SMILES string of the molecule is C=C(CCCC)C1CCC(C)CC1. The second-order valence-electron chi connectivity index (χ2n) is 4.72. The lowest BCUT2D eigenvalue weighted by Crippen LogP contribution is -2.13. The highest BCUT2D eigenvalue weighted by molar-refractivity contribution is 5.01. The molecule has 0 bridgehead atoms. The lowest BCUT2D eigenvalue weighted by molar-refractivity contribution is 0.315. The fraction of sp³-hybridized carbons (Fsp3) is 0.846. The smallest absolute Gasteiger partial charge is 0.0206 e. The first-order valence-electron chi connectivity index (χ1n) is 5.91. The fourth-order valence-electron chi connectivity index (χ4n) is 2.28. The Balaban J connectivity index is 2.23. The van der Waals surface area contributed by atoms with Crippen LogP contribution >= 0.6 is 0 Å². The zero-order valence-electron chi connectivity index (χ0n) is 9.31. The van der Waals surface area contributed by atoms with Crippen LogP contribution in [0.3, 0.4) is 0 Å². The minimum Gasteiger partial charge on any atom is -0.0996 e. The summed E-state index contributed by atoms with van der Waals surface area (Å²) < 4.78 is 0. The van der Waals surface area contributed by atoms with Gasteiger partial charge in [0, 0.05) is 0 Å². The van der Waals surface area contributed by atoms with E-state index in [0.717, 1.165) is 11.8 Å². The topological polar surface area (TPSA) is 0 Å². The number of rotatable bonds is 4. The van der Waals surface area contributed by atoms with Crippen molar-refractivity contribution in [1.29, 1.82) is 0 Å². The fourth-order valence-corrected chi connectivity index (χ4v) is 2.28. The highest BCUT2D eigenvalue weighted by Gasteiger charge is 2.19. The van der Waals surface area contributed by atoms with E-state index in [4.69, 9.17) is 0 Å². The van der Waals surface area contributed by atoms with Crippen molar-refractivity contribution in [2.45, 2.75) is 58.8 Å². The van der Waals surface area contributed by atoms with Crippen LogP contribution < -0.4 is 0 Å². The summed E-state index contributed by atoms with van der Waals surface area (Å²) in [4.78, 5) is 0. The van der Waals surface area contributed by atoms with E-state index >= 15 is 0 Å². The third-order valence-electron chi connectivity index (χ3n) is 3.44. The molecule has 0 amide bonds. The Kier molecular flexibility index (Phi) is 4.55. The van der Waals surface area contributed by atoms with E-state index in [-0.39, 0.29) is 0 Å². The summed E-state index contributed by atoms with van der Waals surface area (Å²) in [5.41, 5.74) is 1.54. The van der Waals surface area contributed by atoms with Gasteiger partial charge in [-0.3, -0.25) is 0 Å². The average Bonchev–Trinajstić information content (AvgIpc) is 2.15. The molecule has 0 aromatic heterocycles. The van der Waals surface area contributed by atoms with E-state index in [1.54, 1.807) is 0 Å². The van der Waals surface area contributed by atoms with Crippen LogP contribution in [0.15, 0.2) is 12.2 Å². The van der Waals surface area contributed by atoms with Gasteiger partial charge in [-0.05, 0) is 37.5 Å². The Morgan fingerprint density at radius 2 is 1.85 bits per heavy atom. The van der Waals surface area contributed by atoms with Crippen molar-refractivity contribution in [2.75, 3.05) is 0 Å². The van der Waals surface area contributed by atoms with Crippen LogP contribution in [0.25, 0.3) is 0 Å². The predicted molar refractivity (Wildman–Crippen MR) is 59.8 cm³/mol. The van der Waals surface area contributed by atoms with Crippen molar-refractivity contribution in [3.8, 4) is 0 Å². The lowest BCUT2D eigenvalue weighted by atomic mass is 9.78. The Morgan fingerprint density at radius 3 is 2.38 bits per heavy atom. The van der Waals surface area contributed by atoms with Gasteiger partial charge in [0.1, 0.15) is 0 Å². The summed E-state index contributed by atoms with van der Waals surface area (Å²) >= 11 is 0. The summed E-state index contributed by atoms with van der Waals surface area (Å²) in [6.07, 6.45) is 9.58. The highest BCUT2D eigenvalue weighted by atomic mass is 14.2. The van der Waals surface area contributed by atoms with Crippen molar-refractivity contribution < 1.29 is 0 Å². The summed E-state index contributed by atoms with van der Waals surface area (Å²) in [6, 6.07) is 0. The van der Waals surface area contributed by atoms with Gasteiger partial charge >= 0.3 is 0 Å². The van der Waals surface area contributed by atoms with Gasteiger partial charge in [-0.25, -0.2) is 0 Å². The second-order valence-corrected chi connectivity index (χ2v) is 4.72. The monoisotopic (exact) mass is 180 g/mol. The Bertz CT molecular complexity index is 149. The molecule has 76 valence electrons. The molecule has 0 aromatic carbocycles. The molecule has 0 N–H and O–H groups in total. The van der Waals surface area contributed by atoms with Gasteiger partial charge in [0.2, 0.25) is 0 Å². The first-order valence-corrected chi connectivity index (χ1v) is 5.91. The molecule has 0 atom stereocenters. The van der Waals surface area contributed by atoms with Gasteiger partial charge in [-0.1, -0.05) is 45.3 Å². The molecule has 1 aliphatic rings. The molecular weight excluding hydrogens is 156 g/mol. The zero-order valence-corrected chi connectivity index (χ0v) is 9.31. The maximum absolute atomic E-state index is 4.24. The molecule has 0 aliphatic heterocycles. The summed E-state index contributed by atoms with van der Waals surface area (Å²) in [5.74, 6) is 1.83. The van der Waals surface area contributed by atoms with Crippen molar-refractivity contribution in [1.82, 2.24) is 0 Å². The van der Waals surface area contributed by atoms with Gasteiger partial charge in [0.15, 0.2) is 0 Å². The summed E-state index contributed by atoms with van der Waals surface area (Å²) in [6.45, 7) is 8.88. The molecule has 0 spiro atoms. The van der Waals surface area contributed by atoms with Crippen molar-refractivity contribution >= 4 is 0 Å². The quantitative estimate of drug-likeness (QED) is 0.556. The molecule has 13 heavy (non-hydrogen) atoms. The molecule has 0 nitrogen and oxygen atoms in total. The molecule has 0 heteroatoms. The Hall–Kier alpha value is -0.260. The average molecular weight is 180 g/mol. The molecule has 0 heterocycles.